The van der Waals surface area contributed by atoms with Crippen molar-refractivity contribution in [3.05, 3.63) is 29.8 Å². The minimum atomic E-state index is -0.262. The Hall–Kier alpha value is -1.10. The van der Waals surface area contributed by atoms with E-state index in [1.165, 1.54) is 0 Å². The summed E-state index contributed by atoms with van der Waals surface area (Å²) < 4.78 is 16.9. The smallest absolute Gasteiger partial charge is 0.184 e. The molecule has 0 spiro atoms. The van der Waals surface area contributed by atoms with Crippen LogP contribution in [0.2, 0.25) is 0 Å². The van der Waals surface area contributed by atoms with Crippen molar-refractivity contribution in [1.82, 2.24) is 0 Å². The summed E-state index contributed by atoms with van der Waals surface area (Å²) in [7, 11) is 1.66. The molecule has 2 aliphatic rings. The van der Waals surface area contributed by atoms with Crippen LogP contribution in [0.1, 0.15) is 24.7 Å². The predicted octanol–water partition coefficient (Wildman–Crippen LogP) is 1.85. The van der Waals surface area contributed by atoms with Crippen molar-refractivity contribution >= 4 is 0 Å². The quantitative estimate of drug-likeness (QED) is 0.869. The fourth-order valence-electron chi connectivity index (χ4n) is 2.81. The van der Waals surface area contributed by atoms with Crippen LogP contribution in [0.3, 0.4) is 0 Å². The van der Waals surface area contributed by atoms with Crippen molar-refractivity contribution in [3.63, 3.8) is 0 Å². The van der Waals surface area contributed by atoms with Gasteiger partial charge in [0, 0.05) is 17.5 Å². The molecule has 18 heavy (non-hydrogen) atoms. The maximum Gasteiger partial charge on any atom is 0.184 e. The largest absolute Gasteiger partial charge is 0.497 e. The van der Waals surface area contributed by atoms with Gasteiger partial charge < -0.3 is 19.9 Å². The number of benzene rings is 1. The van der Waals surface area contributed by atoms with Crippen molar-refractivity contribution in [1.29, 1.82) is 0 Å². The third-order valence-corrected chi connectivity index (χ3v) is 3.81. The normalized spacial score (nSPS) is 35.2. The lowest BCUT2D eigenvalue weighted by atomic mass is 10.1. The van der Waals surface area contributed by atoms with Crippen LogP contribution in [0.25, 0.3) is 0 Å². The summed E-state index contributed by atoms with van der Waals surface area (Å²) in [5.74, 6) is 1.31. The standard InChI is InChI=1S/C14H19NO3/c1-16-12-4-2-9(3-5-12)14-17-8-10-6-11(15)7-13(10)18-14/h2-5,10-11,13-14H,6-8,15H2,1H3/t10?,11-,13+,14?/m1/s1. The van der Waals surface area contributed by atoms with Gasteiger partial charge in [-0.3, -0.25) is 0 Å². The number of rotatable bonds is 2. The molecule has 2 fully saturated rings. The van der Waals surface area contributed by atoms with Crippen LogP contribution < -0.4 is 10.5 Å². The number of ether oxygens (including phenoxy) is 3. The monoisotopic (exact) mass is 249 g/mol. The summed E-state index contributed by atoms with van der Waals surface area (Å²) in [6, 6.07) is 8.08. The summed E-state index contributed by atoms with van der Waals surface area (Å²) >= 11 is 0. The van der Waals surface area contributed by atoms with E-state index in [1.54, 1.807) is 7.11 Å². The average Bonchev–Trinajstić information content (AvgIpc) is 2.78. The Labute approximate surface area is 107 Å². The Morgan fingerprint density at radius 3 is 2.72 bits per heavy atom. The minimum absolute atomic E-state index is 0.251. The van der Waals surface area contributed by atoms with E-state index in [0.29, 0.717) is 5.92 Å². The van der Waals surface area contributed by atoms with Crippen molar-refractivity contribution in [2.24, 2.45) is 11.7 Å². The van der Waals surface area contributed by atoms with E-state index in [2.05, 4.69) is 0 Å². The molecule has 1 aromatic rings. The van der Waals surface area contributed by atoms with Crippen molar-refractivity contribution in [3.8, 4) is 5.75 Å². The average molecular weight is 249 g/mol. The first-order valence-corrected chi connectivity index (χ1v) is 6.43. The summed E-state index contributed by atoms with van der Waals surface area (Å²) in [5.41, 5.74) is 7.00. The highest BCUT2D eigenvalue weighted by Crippen LogP contribution is 2.37. The maximum absolute atomic E-state index is 6.00. The molecule has 2 unspecified atom stereocenters. The van der Waals surface area contributed by atoms with E-state index in [9.17, 15) is 0 Å². The highest BCUT2D eigenvalue weighted by atomic mass is 16.7. The highest BCUT2D eigenvalue weighted by molar-refractivity contribution is 5.28. The van der Waals surface area contributed by atoms with Gasteiger partial charge in [0.05, 0.1) is 19.8 Å². The first kappa shape index (κ1) is 12.0. The zero-order valence-electron chi connectivity index (χ0n) is 10.5. The molecule has 4 atom stereocenters. The van der Waals surface area contributed by atoms with E-state index < -0.39 is 0 Å². The lowest BCUT2D eigenvalue weighted by molar-refractivity contribution is -0.233. The zero-order chi connectivity index (χ0) is 12.5. The van der Waals surface area contributed by atoms with Gasteiger partial charge >= 0.3 is 0 Å². The van der Waals surface area contributed by atoms with Crippen LogP contribution in [0.4, 0.5) is 0 Å². The molecule has 1 aliphatic carbocycles. The molecular formula is C14H19NO3. The fourth-order valence-corrected chi connectivity index (χ4v) is 2.81. The summed E-state index contributed by atoms with van der Waals surface area (Å²) in [6.45, 7) is 0.745. The summed E-state index contributed by atoms with van der Waals surface area (Å²) in [6.07, 6.45) is 1.95. The van der Waals surface area contributed by atoms with Gasteiger partial charge in [0.25, 0.3) is 0 Å². The molecule has 98 valence electrons. The van der Waals surface area contributed by atoms with Gasteiger partial charge in [0.1, 0.15) is 5.75 Å². The molecule has 1 aliphatic heterocycles. The summed E-state index contributed by atoms with van der Waals surface area (Å²) in [4.78, 5) is 0. The molecule has 0 radical (unpaired) electrons. The van der Waals surface area contributed by atoms with Gasteiger partial charge in [0.15, 0.2) is 6.29 Å². The second-order valence-corrected chi connectivity index (χ2v) is 5.10. The molecule has 0 amide bonds. The predicted molar refractivity (Wildman–Crippen MR) is 67.3 cm³/mol. The topological polar surface area (TPSA) is 53.7 Å². The van der Waals surface area contributed by atoms with Crippen molar-refractivity contribution in [2.45, 2.75) is 31.3 Å². The van der Waals surface area contributed by atoms with Gasteiger partial charge in [-0.25, -0.2) is 0 Å². The number of methoxy groups -OCH3 is 1. The Balaban J connectivity index is 1.70. The molecule has 1 aromatic carbocycles. The van der Waals surface area contributed by atoms with Gasteiger partial charge in [-0.2, -0.15) is 0 Å². The molecule has 4 nitrogen and oxygen atoms in total. The Kier molecular flexibility index (Phi) is 3.24. The second-order valence-electron chi connectivity index (χ2n) is 5.10. The first-order valence-electron chi connectivity index (χ1n) is 6.43. The van der Waals surface area contributed by atoms with Crippen LogP contribution in [-0.4, -0.2) is 25.9 Å². The molecule has 0 aromatic heterocycles. The fraction of sp³-hybridized carbons (Fsp3) is 0.571. The highest BCUT2D eigenvalue weighted by Gasteiger charge is 2.39. The van der Waals surface area contributed by atoms with E-state index >= 15 is 0 Å². The van der Waals surface area contributed by atoms with Gasteiger partial charge in [-0.15, -0.1) is 0 Å². The molecule has 0 bridgehead atoms. The Morgan fingerprint density at radius 1 is 1.22 bits per heavy atom. The first-order chi connectivity index (χ1) is 8.76. The van der Waals surface area contributed by atoms with Crippen LogP contribution >= 0.6 is 0 Å². The second kappa shape index (κ2) is 4.88. The molecule has 1 saturated heterocycles. The zero-order valence-corrected chi connectivity index (χ0v) is 10.5. The SMILES string of the molecule is COc1ccc(C2OCC3C[C@@H](N)C[C@@H]3O2)cc1. The lowest BCUT2D eigenvalue weighted by Crippen LogP contribution is -2.32. The number of fused-ring (bicyclic) bond motifs is 1. The number of hydrogen-bond acceptors (Lipinski definition) is 4. The van der Waals surface area contributed by atoms with E-state index in [-0.39, 0.29) is 18.4 Å². The number of hydrogen-bond donors (Lipinski definition) is 1. The maximum atomic E-state index is 6.00. The molecule has 3 rings (SSSR count). The van der Waals surface area contributed by atoms with Crippen LogP contribution in [0, 0.1) is 5.92 Å². The molecule has 2 N–H and O–H groups in total. The Morgan fingerprint density at radius 2 is 2.00 bits per heavy atom. The van der Waals surface area contributed by atoms with Gasteiger partial charge in [0.2, 0.25) is 0 Å². The van der Waals surface area contributed by atoms with Crippen LogP contribution in [-0.2, 0) is 9.47 Å². The third kappa shape index (κ3) is 2.23. The van der Waals surface area contributed by atoms with Gasteiger partial charge in [-0.05, 0) is 25.0 Å². The molecule has 1 heterocycles. The van der Waals surface area contributed by atoms with Crippen molar-refractivity contribution < 1.29 is 14.2 Å². The van der Waals surface area contributed by atoms with Crippen molar-refractivity contribution in [2.75, 3.05) is 13.7 Å². The van der Waals surface area contributed by atoms with Crippen LogP contribution in [0.5, 0.6) is 5.75 Å². The van der Waals surface area contributed by atoms with Gasteiger partial charge in [-0.1, -0.05) is 12.1 Å². The van der Waals surface area contributed by atoms with E-state index in [1.807, 2.05) is 24.3 Å². The van der Waals surface area contributed by atoms with E-state index in [4.69, 9.17) is 19.9 Å². The third-order valence-electron chi connectivity index (χ3n) is 3.81. The molecular weight excluding hydrogens is 230 g/mol. The van der Waals surface area contributed by atoms with E-state index in [0.717, 1.165) is 30.8 Å². The van der Waals surface area contributed by atoms with Crippen LogP contribution in [0.15, 0.2) is 24.3 Å². The molecule has 4 heteroatoms. The molecule has 1 saturated carbocycles. The Bertz CT molecular complexity index is 406. The summed E-state index contributed by atoms with van der Waals surface area (Å²) in [5, 5.41) is 0. The number of nitrogens with two attached hydrogens (primary N) is 1. The lowest BCUT2D eigenvalue weighted by Gasteiger charge is -2.32. The minimum Gasteiger partial charge on any atom is -0.497 e.